The number of hydrogen-bond acceptors (Lipinski definition) is 3. The molecule has 0 bridgehead atoms. The summed E-state index contributed by atoms with van der Waals surface area (Å²) in [6, 6.07) is -0.223. The van der Waals surface area contributed by atoms with Crippen molar-refractivity contribution in [1.29, 1.82) is 0 Å². The van der Waals surface area contributed by atoms with Crippen molar-refractivity contribution in [3.05, 3.63) is 0 Å². The van der Waals surface area contributed by atoms with Gasteiger partial charge >= 0.3 is 12.0 Å². The fraction of sp³-hybridized carbons (Fsp3) is 0.818. The van der Waals surface area contributed by atoms with Crippen LogP contribution in [0.4, 0.5) is 4.79 Å². The fourth-order valence-corrected chi connectivity index (χ4v) is 2.53. The summed E-state index contributed by atoms with van der Waals surface area (Å²) in [5, 5.41) is 21.0. The topological polar surface area (TPSA) is 89.9 Å². The molecule has 0 aromatic carbocycles. The third kappa shape index (κ3) is 2.88. The average Bonchev–Trinajstić information content (AvgIpc) is 2.86. The largest absolute Gasteiger partial charge is 0.481 e. The molecule has 3 unspecified atom stereocenters. The standard InChI is InChI=1S/C11H18N2O4/c14-9-3-4-13(6-9)11(17)12-8-2-1-7(5-8)10(15)16/h7-9,14H,1-6H2,(H,12,17)(H,15,16). The SMILES string of the molecule is O=C(O)C1CCC(NC(=O)N2CCC(O)C2)C1. The van der Waals surface area contributed by atoms with Gasteiger partial charge in [-0.05, 0) is 25.7 Å². The minimum absolute atomic E-state index is 0.0404. The fourth-order valence-electron chi connectivity index (χ4n) is 2.53. The van der Waals surface area contributed by atoms with Crippen LogP contribution < -0.4 is 5.32 Å². The molecule has 1 aliphatic carbocycles. The van der Waals surface area contributed by atoms with Gasteiger partial charge in [-0.1, -0.05) is 0 Å². The van der Waals surface area contributed by atoms with Gasteiger partial charge in [0.05, 0.1) is 12.0 Å². The van der Waals surface area contributed by atoms with Gasteiger partial charge in [-0.2, -0.15) is 0 Å². The summed E-state index contributed by atoms with van der Waals surface area (Å²) in [5.41, 5.74) is 0. The second-order valence-electron chi connectivity index (χ2n) is 4.88. The summed E-state index contributed by atoms with van der Waals surface area (Å²) in [5.74, 6) is -1.11. The van der Waals surface area contributed by atoms with Crippen LogP contribution in [0.2, 0.25) is 0 Å². The zero-order valence-electron chi connectivity index (χ0n) is 9.63. The number of aliphatic hydroxyl groups is 1. The van der Waals surface area contributed by atoms with E-state index in [-0.39, 0.29) is 18.0 Å². The molecule has 0 radical (unpaired) electrons. The summed E-state index contributed by atoms with van der Waals surface area (Å²) in [6.07, 6.45) is 2.06. The third-order valence-corrected chi connectivity index (χ3v) is 3.56. The Bertz CT molecular complexity index is 321. The highest BCUT2D eigenvalue weighted by Gasteiger charge is 2.32. The number of aliphatic hydroxyl groups excluding tert-OH is 1. The van der Waals surface area contributed by atoms with Crippen LogP contribution in [0.3, 0.4) is 0 Å². The van der Waals surface area contributed by atoms with Gasteiger partial charge in [0.1, 0.15) is 0 Å². The Kier molecular flexibility index (Phi) is 3.51. The Morgan fingerprint density at radius 2 is 2.00 bits per heavy atom. The van der Waals surface area contributed by atoms with Gasteiger partial charge in [0.15, 0.2) is 0 Å². The van der Waals surface area contributed by atoms with E-state index in [9.17, 15) is 14.7 Å². The number of urea groups is 1. The second kappa shape index (κ2) is 4.91. The van der Waals surface area contributed by atoms with E-state index in [1.54, 1.807) is 4.90 Å². The van der Waals surface area contributed by atoms with E-state index >= 15 is 0 Å². The highest BCUT2D eigenvalue weighted by molar-refractivity contribution is 5.75. The maximum atomic E-state index is 11.8. The zero-order chi connectivity index (χ0) is 12.4. The number of hydrogen-bond donors (Lipinski definition) is 3. The molecule has 0 aromatic heterocycles. The van der Waals surface area contributed by atoms with Crippen LogP contribution in [0, 0.1) is 5.92 Å². The number of likely N-dealkylation sites (tertiary alicyclic amines) is 1. The molecular formula is C11H18N2O4. The molecule has 17 heavy (non-hydrogen) atoms. The summed E-state index contributed by atoms with van der Waals surface area (Å²) in [6.45, 7) is 0.947. The molecule has 0 aromatic rings. The van der Waals surface area contributed by atoms with Crippen LogP contribution in [0.15, 0.2) is 0 Å². The molecule has 1 saturated heterocycles. The number of aliphatic carboxylic acids is 1. The molecule has 2 fully saturated rings. The van der Waals surface area contributed by atoms with Crippen LogP contribution in [0.25, 0.3) is 0 Å². The van der Waals surface area contributed by atoms with Crippen LogP contribution in [0.1, 0.15) is 25.7 Å². The normalized spacial score (nSPS) is 32.8. The predicted octanol–water partition coefficient (Wildman–Crippen LogP) is 0.0159. The average molecular weight is 242 g/mol. The van der Waals surface area contributed by atoms with Gasteiger partial charge in [-0.3, -0.25) is 4.79 Å². The molecule has 6 nitrogen and oxygen atoms in total. The number of carboxylic acid groups (broad SMARTS) is 1. The van der Waals surface area contributed by atoms with Crippen molar-refractivity contribution in [2.45, 2.75) is 37.8 Å². The molecule has 6 heteroatoms. The van der Waals surface area contributed by atoms with E-state index in [2.05, 4.69) is 5.32 Å². The van der Waals surface area contributed by atoms with Crippen molar-refractivity contribution in [3.8, 4) is 0 Å². The number of nitrogens with one attached hydrogen (secondary N) is 1. The van der Waals surface area contributed by atoms with E-state index in [0.717, 1.165) is 6.42 Å². The van der Waals surface area contributed by atoms with Crippen molar-refractivity contribution in [2.75, 3.05) is 13.1 Å². The molecule has 3 N–H and O–H groups in total. The monoisotopic (exact) mass is 242 g/mol. The van der Waals surface area contributed by atoms with Crippen LogP contribution >= 0.6 is 0 Å². The van der Waals surface area contributed by atoms with E-state index < -0.39 is 12.1 Å². The van der Waals surface area contributed by atoms with Crippen LogP contribution in [0.5, 0.6) is 0 Å². The molecule has 1 heterocycles. The van der Waals surface area contributed by atoms with Gasteiger partial charge in [0.25, 0.3) is 0 Å². The minimum Gasteiger partial charge on any atom is -0.481 e. The highest BCUT2D eigenvalue weighted by atomic mass is 16.4. The van der Waals surface area contributed by atoms with Crippen molar-refractivity contribution in [3.63, 3.8) is 0 Å². The first-order valence-corrected chi connectivity index (χ1v) is 6.02. The smallest absolute Gasteiger partial charge is 0.317 e. The Labute approximate surface area is 99.6 Å². The first-order chi connectivity index (χ1) is 8.06. The Morgan fingerprint density at radius 1 is 1.24 bits per heavy atom. The number of carboxylic acids is 1. The molecule has 2 amide bonds. The summed E-state index contributed by atoms with van der Waals surface area (Å²) in [4.78, 5) is 24.1. The van der Waals surface area contributed by atoms with Crippen molar-refractivity contribution in [2.24, 2.45) is 5.92 Å². The molecule has 96 valence electrons. The number of β-amino-alcohol motifs (C(OH)–C–C–N with tert-alkyl or cyclic N) is 1. The number of carbonyl (C=O) groups is 2. The number of nitrogens with zero attached hydrogens (tertiary/aromatic N) is 1. The first-order valence-electron chi connectivity index (χ1n) is 6.02. The van der Waals surface area contributed by atoms with Gasteiger partial charge < -0.3 is 20.4 Å². The molecular weight excluding hydrogens is 224 g/mol. The number of rotatable bonds is 2. The lowest BCUT2D eigenvalue weighted by Gasteiger charge is -2.20. The van der Waals surface area contributed by atoms with E-state index in [0.29, 0.717) is 32.4 Å². The lowest BCUT2D eigenvalue weighted by atomic mass is 10.1. The third-order valence-electron chi connectivity index (χ3n) is 3.56. The Balaban J connectivity index is 1.78. The van der Waals surface area contributed by atoms with Gasteiger partial charge in [0, 0.05) is 19.1 Å². The second-order valence-corrected chi connectivity index (χ2v) is 4.88. The summed E-state index contributed by atoms with van der Waals surface area (Å²) >= 11 is 0. The molecule has 0 spiro atoms. The quantitative estimate of drug-likeness (QED) is 0.636. The van der Waals surface area contributed by atoms with Crippen molar-refractivity contribution in [1.82, 2.24) is 10.2 Å². The Hall–Kier alpha value is -1.30. The van der Waals surface area contributed by atoms with E-state index in [1.165, 1.54) is 0 Å². The maximum Gasteiger partial charge on any atom is 0.317 e. The van der Waals surface area contributed by atoms with Gasteiger partial charge in [-0.25, -0.2) is 4.79 Å². The van der Waals surface area contributed by atoms with E-state index in [1.807, 2.05) is 0 Å². The minimum atomic E-state index is -0.779. The lowest BCUT2D eigenvalue weighted by molar-refractivity contribution is -0.141. The maximum absolute atomic E-state index is 11.8. The number of amides is 2. The summed E-state index contributed by atoms with van der Waals surface area (Å²) in [7, 11) is 0. The molecule has 2 rings (SSSR count). The van der Waals surface area contributed by atoms with Crippen molar-refractivity contribution < 1.29 is 19.8 Å². The van der Waals surface area contributed by atoms with E-state index in [4.69, 9.17) is 5.11 Å². The zero-order valence-corrected chi connectivity index (χ0v) is 9.63. The molecule has 1 saturated carbocycles. The first kappa shape index (κ1) is 12.2. The molecule has 3 atom stereocenters. The summed E-state index contributed by atoms with van der Waals surface area (Å²) < 4.78 is 0. The molecule has 2 aliphatic rings. The highest BCUT2D eigenvalue weighted by Crippen LogP contribution is 2.25. The predicted molar refractivity (Wildman–Crippen MR) is 59.5 cm³/mol. The van der Waals surface area contributed by atoms with Crippen LogP contribution in [-0.2, 0) is 4.79 Å². The van der Waals surface area contributed by atoms with Crippen LogP contribution in [-0.4, -0.2) is 52.3 Å². The number of carbonyl (C=O) groups excluding carboxylic acids is 1. The van der Waals surface area contributed by atoms with Crippen molar-refractivity contribution >= 4 is 12.0 Å². The van der Waals surface area contributed by atoms with Gasteiger partial charge in [-0.15, -0.1) is 0 Å². The lowest BCUT2D eigenvalue weighted by Crippen LogP contribution is -2.43. The molecule has 1 aliphatic heterocycles. The Morgan fingerprint density at radius 3 is 2.53 bits per heavy atom. The van der Waals surface area contributed by atoms with Gasteiger partial charge in [0.2, 0.25) is 0 Å².